The molecule has 9 heteroatoms. The predicted octanol–water partition coefficient (Wildman–Crippen LogP) is 3.83. The Labute approximate surface area is 226 Å². The molecular formula is C29H42BN3O5. The SMILES string of the molecule is CC(C)C[C@H](CC(=O)[C@@H](NC(=O)c1cccc(-c2ccccc2)n1)[C@@H](C)O)[B-]12OCCC[N+]1(C)CCCO2. The minimum Gasteiger partial charge on any atom is -0.513 e. The highest BCUT2D eigenvalue weighted by molar-refractivity contribution is 6.62. The molecule has 0 radical (unpaired) electrons. The number of hydrogen-bond acceptors (Lipinski definition) is 6. The first-order chi connectivity index (χ1) is 18.1. The number of nitrogens with zero attached hydrogens (tertiary/aromatic N) is 2. The quantitative estimate of drug-likeness (QED) is 0.460. The van der Waals surface area contributed by atoms with Crippen molar-refractivity contribution in [2.24, 2.45) is 5.92 Å². The van der Waals surface area contributed by atoms with Crippen LogP contribution in [-0.4, -0.2) is 78.4 Å². The van der Waals surface area contributed by atoms with Gasteiger partial charge in [-0.15, -0.1) is 0 Å². The van der Waals surface area contributed by atoms with Gasteiger partial charge in [0.1, 0.15) is 11.7 Å². The first-order valence-corrected chi connectivity index (χ1v) is 14.0. The molecule has 4 rings (SSSR count). The van der Waals surface area contributed by atoms with E-state index < -0.39 is 24.7 Å². The van der Waals surface area contributed by atoms with Crippen molar-refractivity contribution in [2.75, 3.05) is 33.4 Å². The summed E-state index contributed by atoms with van der Waals surface area (Å²) < 4.78 is 13.7. The lowest BCUT2D eigenvalue weighted by Gasteiger charge is -2.64. The van der Waals surface area contributed by atoms with Crippen LogP contribution in [-0.2, 0) is 14.1 Å². The van der Waals surface area contributed by atoms with Gasteiger partial charge < -0.3 is 24.1 Å². The minimum atomic E-state index is -1.75. The van der Waals surface area contributed by atoms with Gasteiger partial charge in [-0.3, -0.25) is 9.59 Å². The first kappa shape index (κ1) is 28.4. The Bertz CT molecular complexity index is 1100. The number of quaternary nitrogens is 1. The number of ketones is 1. The number of fused-ring (bicyclic) bond motifs is 1. The largest absolute Gasteiger partial charge is 0.513 e. The number of amides is 1. The topological polar surface area (TPSA) is 97.8 Å². The third-order valence-electron chi connectivity index (χ3n) is 8.21. The molecule has 206 valence electrons. The Morgan fingerprint density at radius 3 is 2.29 bits per heavy atom. The number of benzene rings is 1. The molecule has 0 spiro atoms. The van der Waals surface area contributed by atoms with Crippen molar-refractivity contribution in [2.45, 2.75) is 64.4 Å². The van der Waals surface area contributed by atoms with Crippen LogP contribution in [0.5, 0.6) is 0 Å². The maximum Gasteiger partial charge on any atom is 0.475 e. The number of aliphatic hydroxyl groups is 1. The van der Waals surface area contributed by atoms with Gasteiger partial charge in [-0.05, 0) is 37.2 Å². The van der Waals surface area contributed by atoms with Crippen molar-refractivity contribution in [1.29, 1.82) is 0 Å². The van der Waals surface area contributed by atoms with E-state index >= 15 is 0 Å². The van der Waals surface area contributed by atoms with E-state index in [4.69, 9.17) is 9.31 Å². The van der Waals surface area contributed by atoms with Gasteiger partial charge in [-0.1, -0.05) is 56.7 Å². The van der Waals surface area contributed by atoms with Crippen molar-refractivity contribution < 1.29 is 28.4 Å². The summed E-state index contributed by atoms with van der Waals surface area (Å²) in [5, 5.41) is 13.4. The van der Waals surface area contributed by atoms with Gasteiger partial charge in [0.15, 0.2) is 5.78 Å². The molecule has 1 aromatic carbocycles. The molecule has 3 atom stereocenters. The summed E-state index contributed by atoms with van der Waals surface area (Å²) in [6.45, 7) is 7.23. The van der Waals surface area contributed by atoms with Gasteiger partial charge in [0.05, 0.1) is 11.8 Å². The molecule has 2 aliphatic heterocycles. The summed E-state index contributed by atoms with van der Waals surface area (Å²) in [6, 6.07) is 13.8. The zero-order valence-electron chi connectivity index (χ0n) is 23.1. The summed E-state index contributed by atoms with van der Waals surface area (Å²) in [6.07, 6.45) is 1.80. The van der Waals surface area contributed by atoms with Crippen LogP contribution >= 0.6 is 0 Å². The van der Waals surface area contributed by atoms with Gasteiger partial charge in [-0.2, -0.15) is 0 Å². The van der Waals surface area contributed by atoms with Crippen LogP contribution < -0.4 is 5.32 Å². The molecule has 2 aliphatic rings. The average molecular weight is 523 g/mol. The number of carbonyl (C=O) groups is 2. The summed E-state index contributed by atoms with van der Waals surface area (Å²) >= 11 is 0. The second-order valence-electron chi connectivity index (χ2n) is 11.6. The molecule has 3 heterocycles. The van der Waals surface area contributed by atoms with Crippen molar-refractivity contribution in [1.82, 2.24) is 10.3 Å². The van der Waals surface area contributed by atoms with Crippen molar-refractivity contribution >= 4 is 18.4 Å². The van der Waals surface area contributed by atoms with Crippen LogP contribution in [0.1, 0.15) is 56.9 Å². The molecule has 0 saturated carbocycles. The second kappa shape index (κ2) is 12.1. The lowest BCUT2D eigenvalue weighted by Crippen LogP contribution is -2.76. The molecule has 38 heavy (non-hydrogen) atoms. The summed E-state index contributed by atoms with van der Waals surface area (Å²) in [5.74, 6) is -0.525. The fourth-order valence-corrected chi connectivity index (χ4v) is 6.43. The minimum absolute atomic E-state index is 0.147. The Hall–Kier alpha value is -2.59. The average Bonchev–Trinajstić information content (AvgIpc) is 2.91. The van der Waals surface area contributed by atoms with Gasteiger partial charge >= 0.3 is 6.69 Å². The lowest BCUT2D eigenvalue weighted by molar-refractivity contribution is -0.842. The lowest BCUT2D eigenvalue weighted by atomic mass is 9.48. The van der Waals surface area contributed by atoms with Crippen LogP contribution in [0.3, 0.4) is 0 Å². The van der Waals surface area contributed by atoms with Gasteiger partial charge in [0, 0.05) is 51.8 Å². The van der Waals surface area contributed by atoms with Crippen LogP contribution in [0.25, 0.3) is 11.3 Å². The van der Waals surface area contributed by atoms with E-state index in [9.17, 15) is 14.7 Å². The second-order valence-corrected chi connectivity index (χ2v) is 11.6. The molecule has 0 aliphatic carbocycles. The Kier molecular flexibility index (Phi) is 9.03. The number of carbonyl (C=O) groups excluding carboxylic acids is 2. The van der Waals surface area contributed by atoms with E-state index in [2.05, 4.69) is 31.2 Å². The molecule has 2 N–H and O–H groups in total. The molecule has 2 saturated heterocycles. The number of pyridine rings is 1. The van der Waals surface area contributed by atoms with Gasteiger partial charge in [-0.25, -0.2) is 4.98 Å². The highest BCUT2D eigenvalue weighted by Gasteiger charge is 2.57. The standard InChI is InChI=1S/C29H42BN3O5/c1-21(2)19-24(30-33(4,15-9-17-37-30)16-10-18-38-30)20-27(35)28(22(3)34)32-29(36)26-14-8-13-25(31-26)23-11-6-5-7-12-23/h5-8,11-14,21-22,24,28,34H,9-10,15-20H2,1-4H3,(H,32,36)/t22-,24-,28+,30?,33?/m1/s1. The molecule has 8 nitrogen and oxygen atoms in total. The molecular weight excluding hydrogens is 481 g/mol. The Balaban J connectivity index is 1.54. The molecule has 2 aromatic rings. The van der Waals surface area contributed by atoms with E-state index in [1.807, 2.05) is 36.4 Å². The zero-order valence-corrected chi connectivity index (χ0v) is 23.1. The third-order valence-corrected chi connectivity index (χ3v) is 8.21. The number of hydrogen-bond donors (Lipinski definition) is 2. The molecule has 0 bridgehead atoms. The summed E-state index contributed by atoms with van der Waals surface area (Å²) in [5.41, 5.74) is 1.75. The number of aromatic nitrogens is 1. The van der Waals surface area contributed by atoms with Crippen LogP contribution in [0.2, 0.25) is 5.82 Å². The van der Waals surface area contributed by atoms with Crippen molar-refractivity contribution in [3.63, 3.8) is 0 Å². The fraction of sp³-hybridized carbons (Fsp3) is 0.552. The number of nitrogens with one attached hydrogen (secondary N) is 1. The maximum atomic E-state index is 13.7. The highest BCUT2D eigenvalue weighted by atomic mass is 16.6. The molecule has 0 unspecified atom stereocenters. The molecule has 1 amide bonds. The third kappa shape index (κ3) is 6.01. The number of rotatable bonds is 10. The normalized spacial score (nSPS) is 25.7. The smallest absolute Gasteiger partial charge is 0.475 e. The van der Waals surface area contributed by atoms with Crippen LogP contribution in [0, 0.1) is 5.92 Å². The van der Waals surface area contributed by atoms with Gasteiger partial charge in [0.25, 0.3) is 5.91 Å². The Morgan fingerprint density at radius 1 is 1.03 bits per heavy atom. The first-order valence-electron chi connectivity index (χ1n) is 14.0. The van der Waals surface area contributed by atoms with E-state index in [1.165, 1.54) is 6.92 Å². The van der Waals surface area contributed by atoms with Gasteiger partial charge in [0.2, 0.25) is 0 Å². The number of aliphatic hydroxyl groups excluding tert-OH is 1. The Morgan fingerprint density at radius 2 is 1.68 bits per heavy atom. The van der Waals surface area contributed by atoms with Crippen molar-refractivity contribution in [3.8, 4) is 11.3 Å². The molecule has 1 aromatic heterocycles. The number of Topliss-reactive ketones (excluding diaryl/α,β-unsaturated/α-hetero) is 1. The fourth-order valence-electron chi connectivity index (χ4n) is 6.43. The monoisotopic (exact) mass is 523 g/mol. The van der Waals surface area contributed by atoms with Crippen molar-refractivity contribution in [3.05, 3.63) is 54.2 Å². The van der Waals surface area contributed by atoms with E-state index in [0.29, 0.717) is 29.2 Å². The zero-order chi connectivity index (χ0) is 27.3. The predicted molar refractivity (Wildman–Crippen MR) is 148 cm³/mol. The summed E-state index contributed by atoms with van der Waals surface area (Å²) in [4.78, 5) is 31.5. The van der Waals surface area contributed by atoms with Crippen LogP contribution in [0.15, 0.2) is 48.5 Å². The van der Waals surface area contributed by atoms with E-state index in [-0.39, 0.29) is 23.7 Å². The maximum absolute atomic E-state index is 13.7. The van der Waals surface area contributed by atoms with E-state index in [1.54, 1.807) is 12.1 Å². The van der Waals surface area contributed by atoms with E-state index in [0.717, 1.165) is 37.9 Å². The van der Waals surface area contributed by atoms with Crippen LogP contribution in [0.4, 0.5) is 0 Å². The summed E-state index contributed by atoms with van der Waals surface area (Å²) in [7, 11) is 2.19. The highest BCUT2D eigenvalue weighted by Crippen LogP contribution is 2.44. The molecule has 2 fully saturated rings.